The molecule has 0 unspecified atom stereocenters. The van der Waals surface area contributed by atoms with Crippen molar-refractivity contribution in [3.05, 3.63) is 57.2 Å². The molecule has 4 heteroatoms. The fraction of sp³-hybridized carbons (Fsp3) is 0.188. The Hall–Kier alpha value is -1.56. The Labute approximate surface area is 132 Å². The SMILES string of the molecule is Cc1ccc(OCC(=O)Nc2ccc(I)cc2)c(C)c1. The molecule has 0 aliphatic heterocycles. The predicted molar refractivity (Wildman–Crippen MR) is 89.2 cm³/mol. The quantitative estimate of drug-likeness (QED) is 0.816. The fourth-order valence-electron chi connectivity index (χ4n) is 1.83. The minimum absolute atomic E-state index is 0.00981. The Balaban J connectivity index is 1.90. The summed E-state index contributed by atoms with van der Waals surface area (Å²) in [6, 6.07) is 13.5. The maximum atomic E-state index is 11.8. The summed E-state index contributed by atoms with van der Waals surface area (Å²) < 4.78 is 6.67. The zero-order chi connectivity index (χ0) is 14.5. The molecule has 0 aliphatic carbocycles. The molecule has 0 radical (unpaired) electrons. The Morgan fingerprint density at radius 2 is 1.85 bits per heavy atom. The molecule has 0 heterocycles. The van der Waals surface area contributed by atoms with E-state index in [2.05, 4.69) is 27.9 Å². The second-order valence-electron chi connectivity index (χ2n) is 4.61. The van der Waals surface area contributed by atoms with E-state index < -0.39 is 0 Å². The standard InChI is InChI=1S/C16H16INO2/c1-11-3-8-15(12(2)9-11)20-10-16(19)18-14-6-4-13(17)5-7-14/h3-9H,10H2,1-2H3,(H,18,19). The number of hydrogen-bond acceptors (Lipinski definition) is 2. The summed E-state index contributed by atoms with van der Waals surface area (Å²) in [7, 11) is 0. The molecular formula is C16H16INO2. The van der Waals surface area contributed by atoms with Crippen molar-refractivity contribution >= 4 is 34.2 Å². The van der Waals surface area contributed by atoms with Crippen LogP contribution in [0.3, 0.4) is 0 Å². The number of halogens is 1. The first-order valence-corrected chi connectivity index (χ1v) is 7.38. The van der Waals surface area contributed by atoms with Crippen molar-refractivity contribution in [1.82, 2.24) is 0 Å². The molecule has 1 N–H and O–H groups in total. The summed E-state index contributed by atoms with van der Waals surface area (Å²) in [5, 5.41) is 2.80. The maximum Gasteiger partial charge on any atom is 0.262 e. The van der Waals surface area contributed by atoms with Gasteiger partial charge in [0.15, 0.2) is 6.61 Å². The zero-order valence-electron chi connectivity index (χ0n) is 11.4. The number of anilines is 1. The molecule has 0 saturated carbocycles. The van der Waals surface area contributed by atoms with Crippen LogP contribution >= 0.6 is 22.6 Å². The van der Waals surface area contributed by atoms with E-state index in [4.69, 9.17) is 4.74 Å². The van der Waals surface area contributed by atoms with E-state index in [0.29, 0.717) is 0 Å². The lowest BCUT2D eigenvalue weighted by molar-refractivity contribution is -0.118. The van der Waals surface area contributed by atoms with Crippen molar-refractivity contribution in [3.63, 3.8) is 0 Å². The number of carbonyl (C=O) groups excluding carboxylic acids is 1. The van der Waals surface area contributed by atoms with Crippen LogP contribution < -0.4 is 10.1 Å². The van der Waals surface area contributed by atoms with Crippen LogP contribution in [0.5, 0.6) is 5.75 Å². The molecule has 2 aromatic carbocycles. The van der Waals surface area contributed by atoms with Gasteiger partial charge in [0.25, 0.3) is 5.91 Å². The van der Waals surface area contributed by atoms with E-state index in [1.165, 1.54) is 5.56 Å². The molecule has 20 heavy (non-hydrogen) atoms. The lowest BCUT2D eigenvalue weighted by atomic mass is 10.1. The van der Waals surface area contributed by atoms with Crippen molar-refractivity contribution in [1.29, 1.82) is 0 Å². The van der Waals surface area contributed by atoms with E-state index in [0.717, 1.165) is 20.6 Å². The summed E-state index contributed by atoms with van der Waals surface area (Å²) >= 11 is 2.22. The van der Waals surface area contributed by atoms with E-state index in [1.54, 1.807) is 0 Å². The minimum Gasteiger partial charge on any atom is -0.483 e. The lowest BCUT2D eigenvalue weighted by Gasteiger charge is -2.10. The Bertz CT molecular complexity index is 608. The minimum atomic E-state index is -0.161. The molecule has 2 rings (SSSR count). The lowest BCUT2D eigenvalue weighted by Crippen LogP contribution is -2.20. The Morgan fingerprint density at radius 3 is 2.50 bits per heavy atom. The van der Waals surface area contributed by atoms with Crippen LogP contribution in [0.25, 0.3) is 0 Å². The van der Waals surface area contributed by atoms with Gasteiger partial charge in [0.05, 0.1) is 0 Å². The highest BCUT2D eigenvalue weighted by Crippen LogP contribution is 2.18. The molecule has 0 spiro atoms. The number of ether oxygens (including phenoxy) is 1. The van der Waals surface area contributed by atoms with Crippen molar-refractivity contribution in [2.45, 2.75) is 13.8 Å². The third kappa shape index (κ3) is 4.23. The van der Waals surface area contributed by atoms with Crippen molar-refractivity contribution in [2.75, 3.05) is 11.9 Å². The molecule has 0 fully saturated rings. The average molecular weight is 381 g/mol. The number of hydrogen-bond donors (Lipinski definition) is 1. The molecule has 0 saturated heterocycles. The molecule has 1 amide bonds. The van der Waals surface area contributed by atoms with E-state index in [-0.39, 0.29) is 12.5 Å². The van der Waals surface area contributed by atoms with Gasteiger partial charge in [-0.25, -0.2) is 0 Å². The number of rotatable bonds is 4. The second kappa shape index (κ2) is 6.74. The molecule has 0 aromatic heterocycles. The van der Waals surface area contributed by atoms with E-state index in [9.17, 15) is 4.79 Å². The van der Waals surface area contributed by atoms with Crippen LogP contribution in [0.1, 0.15) is 11.1 Å². The van der Waals surface area contributed by atoms with Gasteiger partial charge in [-0.2, -0.15) is 0 Å². The second-order valence-corrected chi connectivity index (χ2v) is 5.86. The molecule has 0 aliphatic rings. The third-order valence-electron chi connectivity index (χ3n) is 2.82. The fourth-order valence-corrected chi connectivity index (χ4v) is 2.19. The van der Waals surface area contributed by atoms with Gasteiger partial charge in [-0.3, -0.25) is 4.79 Å². The van der Waals surface area contributed by atoms with Crippen molar-refractivity contribution < 1.29 is 9.53 Å². The van der Waals surface area contributed by atoms with Gasteiger partial charge >= 0.3 is 0 Å². The first kappa shape index (κ1) is 14.8. The summed E-state index contributed by atoms with van der Waals surface area (Å²) in [5.41, 5.74) is 2.99. The highest BCUT2D eigenvalue weighted by atomic mass is 127. The molecule has 104 valence electrons. The van der Waals surface area contributed by atoms with Crippen LogP contribution in [0, 0.1) is 17.4 Å². The monoisotopic (exact) mass is 381 g/mol. The number of benzene rings is 2. The highest BCUT2D eigenvalue weighted by molar-refractivity contribution is 14.1. The first-order valence-electron chi connectivity index (χ1n) is 6.30. The van der Waals surface area contributed by atoms with Crippen LogP contribution in [0.4, 0.5) is 5.69 Å². The smallest absolute Gasteiger partial charge is 0.262 e. The van der Waals surface area contributed by atoms with Gasteiger partial charge in [0, 0.05) is 9.26 Å². The van der Waals surface area contributed by atoms with Crippen molar-refractivity contribution in [3.8, 4) is 5.75 Å². The van der Waals surface area contributed by atoms with Gasteiger partial charge < -0.3 is 10.1 Å². The molecule has 3 nitrogen and oxygen atoms in total. The number of nitrogens with one attached hydrogen (secondary N) is 1. The van der Waals surface area contributed by atoms with Gasteiger partial charge in [0.2, 0.25) is 0 Å². The van der Waals surface area contributed by atoms with Crippen LogP contribution in [0.15, 0.2) is 42.5 Å². The van der Waals surface area contributed by atoms with Crippen LogP contribution in [0.2, 0.25) is 0 Å². The largest absolute Gasteiger partial charge is 0.483 e. The van der Waals surface area contributed by atoms with E-state index >= 15 is 0 Å². The zero-order valence-corrected chi connectivity index (χ0v) is 13.6. The third-order valence-corrected chi connectivity index (χ3v) is 3.54. The maximum absolute atomic E-state index is 11.8. The van der Waals surface area contributed by atoms with Gasteiger partial charge in [-0.15, -0.1) is 0 Å². The predicted octanol–water partition coefficient (Wildman–Crippen LogP) is 3.93. The van der Waals surface area contributed by atoms with E-state index in [1.807, 2.05) is 56.3 Å². The number of amides is 1. The topological polar surface area (TPSA) is 38.3 Å². The summed E-state index contributed by atoms with van der Waals surface area (Å²) in [6.07, 6.45) is 0. The Kier molecular flexibility index (Phi) is 5.00. The summed E-state index contributed by atoms with van der Waals surface area (Å²) in [4.78, 5) is 11.8. The normalized spacial score (nSPS) is 10.2. The molecular weight excluding hydrogens is 365 g/mol. The molecule has 2 aromatic rings. The average Bonchev–Trinajstić information content (AvgIpc) is 2.40. The van der Waals surface area contributed by atoms with Gasteiger partial charge in [-0.05, 0) is 72.3 Å². The highest BCUT2D eigenvalue weighted by Gasteiger charge is 2.05. The summed E-state index contributed by atoms with van der Waals surface area (Å²) in [5.74, 6) is 0.583. The van der Waals surface area contributed by atoms with Crippen LogP contribution in [-0.2, 0) is 4.79 Å². The van der Waals surface area contributed by atoms with Gasteiger partial charge in [0.1, 0.15) is 5.75 Å². The number of aryl methyl sites for hydroxylation is 2. The first-order chi connectivity index (χ1) is 9.54. The number of carbonyl (C=O) groups is 1. The summed E-state index contributed by atoms with van der Waals surface area (Å²) in [6.45, 7) is 4.01. The van der Waals surface area contributed by atoms with Gasteiger partial charge in [-0.1, -0.05) is 17.7 Å². The Morgan fingerprint density at radius 1 is 1.15 bits per heavy atom. The van der Waals surface area contributed by atoms with Crippen LogP contribution in [-0.4, -0.2) is 12.5 Å². The molecule has 0 bridgehead atoms. The molecule has 0 atom stereocenters. The van der Waals surface area contributed by atoms with Crippen molar-refractivity contribution in [2.24, 2.45) is 0 Å².